The molecule has 0 amide bonds. The van der Waals surface area contributed by atoms with Crippen LogP contribution in [-0.4, -0.2) is 30.9 Å². The summed E-state index contributed by atoms with van der Waals surface area (Å²) >= 11 is 0. The molecule has 0 aliphatic carbocycles. The molecule has 0 fully saturated rings. The van der Waals surface area contributed by atoms with Crippen LogP contribution in [0.5, 0.6) is 0 Å². The fourth-order valence-electron chi connectivity index (χ4n) is 2.82. The zero-order valence-electron chi connectivity index (χ0n) is 15.7. The van der Waals surface area contributed by atoms with Gasteiger partial charge in [-0.25, -0.2) is 15.0 Å². The normalized spacial score (nSPS) is 11.7. The molecule has 1 N–H and O–H groups in total. The average Bonchev–Trinajstić information content (AvgIpc) is 3.10. The van der Waals surface area contributed by atoms with Crippen molar-refractivity contribution < 1.29 is 0 Å². The van der Waals surface area contributed by atoms with Gasteiger partial charge in [0.1, 0.15) is 17.2 Å². The number of imidazole rings is 1. The Hall–Kier alpha value is -3.28. The monoisotopic (exact) mass is 358 g/mol. The fourth-order valence-corrected chi connectivity index (χ4v) is 2.82. The highest BCUT2D eigenvalue weighted by Crippen LogP contribution is 2.28. The Bertz CT molecular complexity index is 1060. The molecule has 0 bridgehead atoms. The number of nitrogens with zero attached hydrogens (tertiary/aromatic N) is 5. The molecule has 4 aromatic rings. The van der Waals surface area contributed by atoms with Crippen molar-refractivity contribution in [3.05, 3.63) is 61.3 Å². The molecular weight excluding hydrogens is 336 g/mol. The van der Waals surface area contributed by atoms with E-state index in [0.29, 0.717) is 5.82 Å². The molecule has 0 radical (unpaired) electrons. The summed E-state index contributed by atoms with van der Waals surface area (Å²) in [6, 6.07) is 9.84. The van der Waals surface area contributed by atoms with Gasteiger partial charge in [0.2, 0.25) is 0 Å². The first kappa shape index (κ1) is 17.1. The van der Waals surface area contributed by atoms with Crippen LogP contribution in [0.1, 0.15) is 20.8 Å². The van der Waals surface area contributed by atoms with Gasteiger partial charge < -0.3 is 5.32 Å². The Kier molecular flexibility index (Phi) is 4.32. The van der Waals surface area contributed by atoms with Crippen molar-refractivity contribution >= 4 is 11.5 Å². The van der Waals surface area contributed by atoms with Crippen LogP contribution in [0.3, 0.4) is 0 Å². The Morgan fingerprint density at radius 3 is 2.67 bits per heavy atom. The first-order valence-corrected chi connectivity index (χ1v) is 8.95. The number of aromatic nitrogens is 5. The van der Waals surface area contributed by atoms with Gasteiger partial charge in [-0.2, -0.15) is 0 Å². The highest BCUT2D eigenvalue weighted by molar-refractivity contribution is 5.75. The number of anilines is 1. The van der Waals surface area contributed by atoms with Crippen molar-refractivity contribution in [3.8, 4) is 22.6 Å². The van der Waals surface area contributed by atoms with Crippen molar-refractivity contribution in [2.45, 2.75) is 20.8 Å². The fraction of sp³-hybridized carbons (Fsp3) is 0.238. The standard InChI is InChI=1S/C21H22N6/c1-21(2,3)14-25-19-16(15-7-6-9-22-11-15)12-24-20(26-19)17-13-23-18-8-4-5-10-27(17)18/h4-13H,14H2,1-3H3,(H,24,25,26). The van der Waals surface area contributed by atoms with E-state index in [1.165, 1.54) is 0 Å². The molecule has 0 atom stereocenters. The SMILES string of the molecule is CC(C)(C)CNc1nc(-c2cnc3ccccn23)ncc1-c1cccnc1. The topological polar surface area (TPSA) is 68.0 Å². The van der Waals surface area contributed by atoms with Gasteiger partial charge in [0.25, 0.3) is 0 Å². The number of rotatable bonds is 4. The molecule has 0 aliphatic rings. The number of nitrogens with one attached hydrogen (secondary N) is 1. The lowest BCUT2D eigenvalue weighted by atomic mass is 9.97. The Morgan fingerprint density at radius 1 is 1.00 bits per heavy atom. The second-order valence-corrected chi connectivity index (χ2v) is 7.68. The van der Waals surface area contributed by atoms with E-state index >= 15 is 0 Å². The molecule has 6 nitrogen and oxygen atoms in total. The predicted molar refractivity (Wildman–Crippen MR) is 107 cm³/mol. The van der Waals surface area contributed by atoms with Crippen molar-refractivity contribution in [3.63, 3.8) is 0 Å². The number of pyridine rings is 2. The maximum atomic E-state index is 4.83. The molecule has 0 unspecified atom stereocenters. The van der Waals surface area contributed by atoms with E-state index in [9.17, 15) is 0 Å². The van der Waals surface area contributed by atoms with Gasteiger partial charge in [-0.1, -0.05) is 32.9 Å². The van der Waals surface area contributed by atoms with E-state index in [4.69, 9.17) is 4.98 Å². The zero-order valence-corrected chi connectivity index (χ0v) is 15.7. The van der Waals surface area contributed by atoms with Gasteiger partial charge in [0.15, 0.2) is 5.82 Å². The summed E-state index contributed by atoms with van der Waals surface area (Å²) < 4.78 is 1.99. The molecule has 6 heteroatoms. The van der Waals surface area contributed by atoms with E-state index in [2.05, 4.69) is 41.0 Å². The minimum atomic E-state index is 0.126. The van der Waals surface area contributed by atoms with Gasteiger partial charge in [0.05, 0.1) is 6.20 Å². The van der Waals surface area contributed by atoms with Crippen LogP contribution in [0.4, 0.5) is 5.82 Å². The van der Waals surface area contributed by atoms with E-state index in [0.717, 1.165) is 34.8 Å². The predicted octanol–water partition coefficient (Wildman–Crippen LogP) is 4.31. The Balaban J connectivity index is 1.80. The maximum absolute atomic E-state index is 4.83. The van der Waals surface area contributed by atoms with Crippen LogP contribution in [-0.2, 0) is 0 Å². The van der Waals surface area contributed by atoms with Crippen molar-refractivity contribution in [2.24, 2.45) is 5.41 Å². The molecule has 0 aromatic carbocycles. The average molecular weight is 358 g/mol. The lowest BCUT2D eigenvalue weighted by molar-refractivity contribution is 0.442. The molecule has 0 saturated heterocycles. The van der Waals surface area contributed by atoms with Crippen molar-refractivity contribution in [1.29, 1.82) is 0 Å². The second-order valence-electron chi connectivity index (χ2n) is 7.68. The van der Waals surface area contributed by atoms with Crippen molar-refractivity contribution in [2.75, 3.05) is 11.9 Å². The second kappa shape index (κ2) is 6.79. The number of hydrogen-bond acceptors (Lipinski definition) is 5. The third-order valence-corrected chi connectivity index (χ3v) is 4.19. The molecule has 0 saturated carbocycles. The molecule has 4 aromatic heterocycles. The summed E-state index contributed by atoms with van der Waals surface area (Å²) in [4.78, 5) is 18.1. The van der Waals surface area contributed by atoms with Gasteiger partial charge in [-0.15, -0.1) is 0 Å². The van der Waals surface area contributed by atoms with Crippen LogP contribution in [0.15, 0.2) is 61.3 Å². The Labute approximate surface area is 158 Å². The molecule has 4 heterocycles. The molecule has 0 aliphatic heterocycles. The summed E-state index contributed by atoms with van der Waals surface area (Å²) in [6.45, 7) is 7.37. The van der Waals surface area contributed by atoms with E-state index in [1.54, 1.807) is 6.20 Å². The largest absolute Gasteiger partial charge is 0.369 e. The van der Waals surface area contributed by atoms with Gasteiger partial charge >= 0.3 is 0 Å². The zero-order chi connectivity index (χ0) is 18.9. The summed E-state index contributed by atoms with van der Waals surface area (Å²) in [5.74, 6) is 1.44. The van der Waals surface area contributed by atoms with E-state index in [-0.39, 0.29) is 5.41 Å². The van der Waals surface area contributed by atoms with E-state index in [1.807, 2.05) is 59.5 Å². The van der Waals surface area contributed by atoms with Crippen LogP contribution in [0.2, 0.25) is 0 Å². The number of hydrogen-bond donors (Lipinski definition) is 1. The third-order valence-electron chi connectivity index (χ3n) is 4.19. The quantitative estimate of drug-likeness (QED) is 0.589. The minimum Gasteiger partial charge on any atom is -0.369 e. The van der Waals surface area contributed by atoms with Gasteiger partial charge in [0, 0.05) is 42.5 Å². The smallest absolute Gasteiger partial charge is 0.180 e. The summed E-state index contributed by atoms with van der Waals surface area (Å²) in [5.41, 5.74) is 3.78. The molecule has 27 heavy (non-hydrogen) atoms. The minimum absolute atomic E-state index is 0.126. The highest BCUT2D eigenvalue weighted by atomic mass is 15.1. The third kappa shape index (κ3) is 3.65. The summed E-state index contributed by atoms with van der Waals surface area (Å²) in [6.07, 6.45) is 9.22. The lowest BCUT2D eigenvalue weighted by Gasteiger charge is -2.20. The lowest BCUT2D eigenvalue weighted by Crippen LogP contribution is -2.20. The van der Waals surface area contributed by atoms with Crippen LogP contribution in [0.25, 0.3) is 28.3 Å². The highest BCUT2D eigenvalue weighted by Gasteiger charge is 2.16. The van der Waals surface area contributed by atoms with Crippen LogP contribution < -0.4 is 5.32 Å². The van der Waals surface area contributed by atoms with Crippen molar-refractivity contribution in [1.82, 2.24) is 24.3 Å². The molecule has 136 valence electrons. The van der Waals surface area contributed by atoms with E-state index < -0.39 is 0 Å². The first-order chi connectivity index (χ1) is 13.0. The summed E-state index contributed by atoms with van der Waals surface area (Å²) in [5, 5.41) is 3.49. The van der Waals surface area contributed by atoms with Gasteiger partial charge in [-0.3, -0.25) is 9.38 Å². The number of fused-ring (bicyclic) bond motifs is 1. The Morgan fingerprint density at radius 2 is 1.89 bits per heavy atom. The maximum Gasteiger partial charge on any atom is 0.180 e. The van der Waals surface area contributed by atoms with Gasteiger partial charge in [-0.05, 0) is 23.6 Å². The van der Waals surface area contributed by atoms with Crippen LogP contribution >= 0.6 is 0 Å². The first-order valence-electron chi connectivity index (χ1n) is 8.95. The molecule has 4 rings (SSSR count). The van der Waals surface area contributed by atoms with Crippen LogP contribution in [0, 0.1) is 5.41 Å². The molecule has 0 spiro atoms. The molecular formula is C21H22N6. The summed E-state index contributed by atoms with van der Waals surface area (Å²) in [7, 11) is 0.